The summed E-state index contributed by atoms with van der Waals surface area (Å²) in [5.41, 5.74) is 4.99. The molecular weight excluding hydrogens is 539 g/mol. The number of nitrogens with one attached hydrogen (secondary N) is 1. The highest BCUT2D eigenvalue weighted by atomic mass is 19.4. The lowest BCUT2D eigenvalue weighted by molar-refractivity contribution is -0.156. The van der Waals surface area contributed by atoms with Crippen LogP contribution in [0.2, 0.25) is 0 Å². The van der Waals surface area contributed by atoms with E-state index < -0.39 is 12.5 Å². The fraction of sp³-hybridized carbons (Fsp3) is 0.333. The van der Waals surface area contributed by atoms with Crippen LogP contribution in [-0.4, -0.2) is 80.0 Å². The number of nitriles is 1. The van der Waals surface area contributed by atoms with Crippen molar-refractivity contribution < 1.29 is 22.8 Å². The Balaban J connectivity index is 0.000000511. The van der Waals surface area contributed by atoms with E-state index in [4.69, 9.17) is 9.78 Å². The van der Waals surface area contributed by atoms with Gasteiger partial charge in [0.25, 0.3) is 0 Å². The zero-order valence-corrected chi connectivity index (χ0v) is 22.0. The Morgan fingerprint density at radius 2 is 1.78 bits per heavy atom. The van der Waals surface area contributed by atoms with Crippen LogP contribution in [0, 0.1) is 11.3 Å². The van der Waals surface area contributed by atoms with Gasteiger partial charge in [0, 0.05) is 80.1 Å². The molecule has 4 aromatic heterocycles. The number of aryl methyl sites for hydroxylation is 1. The maximum Gasteiger partial charge on any atom is 0.446 e. The van der Waals surface area contributed by atoms with E-state index in [0.29, 0.717) is 24.7 Å². The molecule has 2 amide bonds. The van der Waals surface area contributed by atoms with E-state index in [9.17, 15) is 23.2 Å². The van der Waals surface area contributed by atoms with Gasteiger partial charge in [0.2, 0.25) is 6.29 Å². The average molecular weight is 566 g/mol. The predicted octanol–water partition coefficient (Wildman–Crippen LogP) is 3.41. The molecule has 1 saturated heterocycles. The first-order valence-electron chi connectivity index (χ1n) is 12.9. The van der Waals surface area contributed by atoms with Gasteiger partial charge in [0.1, 0.15) is 11.9 Å². The minimum atomic E-state index is -4.64. The first-order chi connectivity index (χ1) is 19.6. The number of carbonyl (C=O) groups excluding carboxylic acids is 2. The van der Waals surface area contributed by atoms with Gasteiger partial charge >= 0.3 is 12.2 Å². The minimum Gasteiger partial charge on any atom is -0.353 e. The Morgan fingerprint density at radius 3 is 2.34 bits per heavy atom. The molecule has 1 aliphatic carbocycles. The molecule has 14 heteroatoms. The number of nitrogens with zero attached hydrogens (tertiary/aromatic N) is 8. The molecule has 41 heavy (non-hydrogen) atoms. The first-order valence-corrected chi connectivity index (χ1v) is 12.9. The molecule has 1 aliphatic heterocycles. The summed E-state index contributed by atoms with van der Waals surface area (Å²) in [6, 6.07) is 8.76. The van der Waals surface area contributed by atoms with Gasteiger partial charge in [0.15, 0.2) is 0 Å². The maximum atomic E-state index is 12.3. The molecule has 0 unspecified atom stereocenters. The number of hydrogen-bond donors (Lipinski definition) is 1. The van der Waals surface area contributed by atoms with Gasteiger partial charge in [-0.25, -0.2) is 14.3 Å². The second-order valence-electron chi connectivity index (χ2n) is 9.77. The average Bonchev–Trinajstić information content (AvgIpc) is 3.52. The third kappa shape index (κ3) is 6.46. The van der Waals surface area contributed by atoms with E-state index in [1.807, 2.05) is 48.9 Å². The van der Waals surface area contributed by atoms with Crippen molar-refractivity contribution in [3.63, 3.8) is 0 Å². The fourth-order valence-electron chi connectivity index (χ4n) is 4.52. The van der Waals surface area contributed by atoms with Crippen LogP contribution in [0.3, 0.4) is 0 Å². The van der Waals surface area contributed by atoms with Crippen molar-refractivity contribution in [1.82, 2.24) is 34.6 Å². The molecule has 4 aromatic rings. The highest BCUT2D eigenvalue weighted by Crippen LogP contribution is 2.32. The highest BCUT2D eigenvalue weighted by Gasteiger charge is 2.28. The van der Waals surface area contributed by atoms with Gasteiger partial charge in [-0.05, 0) is 31.0 Å². The molecule has 6 rings (SSSR count). The molecule has 1 saturated carbocycles. The molecule has 2 fully saturated rings. The van der Waals surface area contributed by atoms with Crippen LogP contribution in [0.15, 0.2) is 49.2 Å². The topological polar surface area (TPSA) is 124 Å². The Morgan fingerprint density at radius 1 is 1.05 bits per heavy atom. The van der Waals surface area contributed by atoms with Gasteiger partial charge in [-0.3, -0.25) is 9.48 Å². The number of rotatable bonds is 4. The van der Waals surface area contributed by atoms with Gasteiger partial charge in [-0.2, -0.15) is 28.6 Å². The van der Waals surface area contributed by atoms with Gasteiger partial charge in [-0.1, -0.05) is 0 Å². The third-order valence-corrected chi connectivity index (χ3v) is 6.76. The summed E-state index contributed by atoms with van der Waals surface area (Å²) in [6.45, 7) is 2.84. The number of alkyl halides is 3. The van der Waals surface area contributed by atoms with Crippen molar-refractivity contribution >= 4 is 23.7 Å². The number of hydrogen-bond acceptors (Lipinski definition) is 7. The molecule has 5 heterocycles. The van der Waals surface area contributed by atoms with Crippen molar-refractivity contribution in [3.8, 4) is 28.3 Å². The van der Waals surface area contributed by atoms with Crippen LogP contribution in [-0.2, 0) is 11.8 Å². The number of halogens is 3. The van der Waals surface area contributed by atoms with Crippen molar-refractivity contribution in [2.24, 2.45) is 7.05 Å². The van der Waals surface area contributed by atoms with Crippen molar-refractivity contribution in [2.45, 2.75) is 25.1 Å². The molecule has 0 atom stereocenters. The quantitative estimate of drug-likeness (QED) is 0.376. The summed E-state index contributed by atoms with van der Waals surface area (Å²) in [6.07, 6.45) is 5.59. The van der Waals surface area contributed by atoms with Crippen molar-refractivity contribution in [3.05, 3.63) is 54.7 Å². The molecule has 0 spiro atoms. The van der Waals surface area contributed by atoms with Crippen LogP contribution in [0.25, 0.3) is 27.8 Å². The van der Waals surface area contributed by atoms with E-state index in [1.165, 1.54) is 0 Å². The lowest BCUT2D eigenvalue weighted by Crippen LogP contribution is -2.52. The van der Waals surface area contributed by atoms with Crippen LogP contribution >= 0.6 is 0 Å². The smallest absolute Gasteiger partial charge is 0.353 e. The van der Waals surface area contributed by atoms with Gasteiger partial charge in [0.05, 0.1) is 23.5 Å². The monoisotopic (exact) mass is 565 g/mol. The Labute approximate surface area is 232 Å². The number of anilines is 1. The van der Waals surface area contributed by atoms with Gasteiger partial charge in [-0.15, -0.1) is 0 Å². The number of pyridine rings is 2. The Hall–Kier alpha value is -4.93. The number of aldehydes is 1. The molecule has 212 valence electrons. The number of fused-ring (bicyclic) bond motifs is 1. The summed E-state index contributed by atoms with van der Waals surface area (Å²) in [4.78, 5) is 29.8. The lowest BCUT2D eigenvalue weighted by atomic mass is 10.0. The molecule has 11 nitrogen and oxygen atoms in total. The number of urea groups is 1. The van der Waals surface area contributed by atoms with Crippen LogP contribution in [0.1, 0.15) is 18.4 Å². The number of aromatic nitrogens is 5. The van der Waals surface area contributed by atoms with Crippen molar-refractivity contribution in [2.75, 3.05) is 31.1 Å². The normalized spacial score (nSPS) is 15.2. The van der Waals surface area contributed by atoms with Gasteiger partial charge < -0.3 is 15.1 Å². The summed E-state index contributed by atoms with van der Waals surface area (Å²) in [7, 11) is 1.88. The highest BCUT2D eigenvalue weighted by molar-refractivity contribution is 5.87. The van der Waals surface area contributed by atoms with E-state index in [0.717, 1.165) is 59.5 Å². The zero-order valence-electron chi connectivity index (χ0n) is 22.0. The van der Waals surface area contributed by atoms with Crippen LogP contribution in [0.5, 0.6) is 0 Å². The van der Waals surface area contributed by atoms with E-state index in [1.54, 1.807) is 15.4 Å². The maximum absolute atomic E-state index is 12.3. The molecular formula is C27H26F3N9O2. The van der Waals surface area contributed by atoms with Crippen molar-refractivity contribution in [1.29, 1.82) is 5.26 Å². The SMILES string of the molecule is Cn1cc(-c2cc(-c3ccc(N4CCN(C(=O)NC5CC5)CC4)nc3)c3c(C#N)cnn3c2)cn1.O=CC(F)(F)F. The van der Waals surface area contributed by atoms with E-state index in [2.05, 4.69) is 32.5 Å². The molecule has 0 aromatic carbocycles. The summed E-state index contributed by atoms with van der Waals surface area (Å²) in [5.74, 6) is 0.879. The second-order valence-corrected chi connectivity index (χ2v) is 9.77. The standard InChI is InChI=1S/C25H25N9O.C2HF3O/c1-31-15-20(14-28-31)18-10-22(24-19(11-26)13-29-34(24)16-18)17-2-5-23(27-12-17)32-6-8-33(9-7-32)25(35)30-21-3-4-21;3-2(4,5)1-6/h2,5,10,12-16,21H,3-4,6-9H2,1H3,(H,30,35);1H. The third-order valence-electron chi connectivity index (χ3n) is 6.76. The largest absolute Gasteiger partial charge is 0.446 e. The summed E-state index contributed by atoms with van der Waals surface area (Å²) in [5, 5.41) is 21.4. The Bertz CT molecular complexity index is 1590. The number of amides is 2. The number of carbonyl (C=O) groups is 2. The summed E-state index contributed by atoms with van der Waals surface area (Å²) >= 11 is 0. The number of piperazine rings is 1. The second kappa shape index (κ2) is 11.3. The molecule has 2 aliphatic rings. The molecule has 0 radical (unpaired) electrons. The van der Waals surface area contributed by atoms with Crippen LogP contribution in [0.4, 0.5) is 23.8 Å². The fourth-order valence-corrected chi connectivity index (χ4v) is 4.52. The zero-order chi connectivity index (χ0) is 29.1. The predicted molar refractivity (Wildman–Crippen MR) is 143 cm³/mol. The summed E-state index contributed by atoms with van der Waals surface area (Å²) < 4.78 is 34.8. The minimum absolute atomic E-state index is 0.0436. The first kappa shape index (κ1) is 27.6. The molecule has 0 bridgehead atoms. The lowest BCUT2D eigenvalue weighted by Gasteiger charge is -2.35. The van der Waals surface area contributed by atoms with E-state index in [-0.39, 0.29) is 6.03 Å². The molecule has 1 N–H and O–H groups in total. The Kier molecular flexibility index (Phi) is 7.60. The van der Waals surface area contributed by atoms with Crippen LogP contribution < -0.4 is 10.2 Å². The van der Waals surface area contributed by atoms with E-state index >= 15 is 0 Å².